The highest BCUT2D eigenvalue weighted by molar-refractivity contribution is 5.47. The van der Waals surface area contributed by atoms with Gasteiger partial charge in [-0.25, -0.2) is 0 Å². The third-order valence-electron chi connectivity index (χ3n) is 3.45. The maximum Gasteiger partial charge on any atom is 0.127 e. The Morgan fingerprint density at radius 3 is 3.00 bits per heavy atom. The fourth-order valence-corrected chi connectivity index (χ4v) is 2.59. The van der Waals surface area contributed by atoms with Crippen LogP contribution in [0.1, 0.15) is 29.8 Å². The Labute approximate surface area is 113 Å². The van der Waals surface area contributed by atoms with Gasteiger partial charge in [-0.15, -0.1) is 0 Å². The van der Waals surface area contributed by atoms with Crippen molar-refractivity contribution in [2.45, 2.75) is 19.4 Å². The van der Waals surface area contributed by atoms with Gasteiger partial charge in [-0.2, -0.15) is 0 Å². The average molecular weight is 254 g/mol. The summed E-state index contributed by atoms with van der Waals surface area (Å²) < 4.78 is 5.81. The fraction of sp³-hybridized carbons (Fsp3) is 0.312. The molecule has 3 rings (SSSR count). The van der Waals surface area contributed by atoms with Crippen LogP contribution in [0.15, 0.2) is 42.6 Å². The van der Waals surface area contributed by atoms with Gasteiger partial charge < -0.3 is 10.1 Å². The fourth-order valence-electron chi connectivity index (χ4n) is 2.59. The van der Waals surface area contributed by atoms with Crippen molar-refractivity contribution < 1.29 is 4.74 Å². The molecular weight excluding hydrogens is 236 g/mol. The predicted molar refractivity (Wildman–Crippen MR) is 75.4 cm³/mol. The van der Waals surface area contributed by atoms with Crippen LogP contribution in [0.25, 0.3) is 0 Å². The van der Waals surface area contributed by atoms with Crippen molar-refractivity contribution in [1.82, 2.24) is 10.3 Å². The number of rotatable bonds is 4. The first-order chi connectivity index (χ1) is 9.40. The molecule has 2 heterocycles. The van der Waals surface area contributed by atoms with Gasteiger partial charge in [0.25, 0.3) is 0 Å². The highest BCUT2D eigenvalue weighted by atomic mass is 16.5. The van der Waals surface area contributed by atoms with Crippen LogP contribution in [0, 0.1) is 0 Å². The van der Waals surface area contributed by atoms with E-state index in [-0.39, 0.29) is 6.04 Å². The summed E-state index contributed by atoms with van der Waals surface area (Å²) in [6.07, 6.45) is 2.84. The number of hydrogen-bond donors (Lipinski definition) is 1. The first-order valence-electron chi connectivity index (χ1n) is 6.79. The van der Waals surface area contributed by atoms with Gasteiger partial charge in [0.15, 0.2) is 0 Å². The number of fused-ring (bicyclic) bond motifs is 1. The Kier molecular flexibility index (Phi) is 3.47. The molecule has 0 saturated carbocycles. The molecule has 1 aromatic heterocycles. The van der Waals surface area contributed by atoms with Crippen molar-refractivity contribution in [3.63, 3.8) is 0 Å². The maximum atomic E-state index is 5.81. The minimum Gasteiger partial charge on any atom is -0.493 e. The molecule has 0 saturated heterocycles. The van der Waals surface area contributed by atoms with Crippen molar-refractivity contribution in [2.75, 3.05) is 13.2 Å². The molecule has 1 aliphatic rings. The average Bonchev–Trinajstić information content (AvgIpc) is 2.94. The lowest BCUT2D eigenvalue weighted by Crippen LogP contribution is -2.23. The second-order valence-electron chi connectivity index (χ2n) is 4.68. The second-order valence-corrected chi connectivity index (χ2v) is 4.68. The first kappa shape index (κ1) is 12.2. The zero-order valence-corrected chi connectivity index (χ0v) is 11.1. The van der Waals surface area contributed by atoms with Gasteiger partial charge in [0, 0.05) is 18.2 Å². The third-order valence-corrected chi connectivity index (χ3v) is 3.45. The SMILES string of the molecule is CCNC(c1ccccn1)c1cccc2c1OCC2. The van der Waals surface area contributed by atoms with Gasteiger partial charge in [0.05, 0.1) is 18.3 Å². The van der Waals surface area contributed by atoms with Gasteiger partial charge in [-0.1, -0.05) is 31.2 Å². The summed E-state index contributed by atoms with van der Waals surface area (Å²) in [6, 6.07) is 12.5. The number of para-hydroxylation sites is 1. The lowest BCUT2D eigenvalue weighted by molar-refractivity contribution is 0.350. The quantitative estimate of drug-likeness (QED) is 0.911. The molecule has 98 valence electrons. The van der Waals surface area contributed by atoms with Gasteiger partial charge in [0.2, 0.25) is 0 Å². The van der Waals surface area contributed by atoms with Crippen molar-refractivity contribution in [3.8, 4) is 5.75 Å². The number of pyridine rings is 1. The zero-order valence-electron chi connectivity index (χ0n) is 11.1. The summed E-state index contributed by atoms with van der Waals surface area (Å²) in [4.78, 5) is 4.48. The van der Waals surface area contributed by atoms with E-state index in [1.54, 1.807) is 0 Å². The summed E-state index contributed by atoms with van der Waals surface area (Å²) in [6.45, 7) is 3.79. The van der Waals surface area contributed by atoms with Crippen molar-refractivity contribution in [3.05, 3.63) is 59.4 Å². The molecule has 2 aromatic rings. The summed E-state index contributed by atoms with van der Waals surface area (Å²) in [5.74, 6) is 1.04. The van der Waals surface area contributed by atoms with E-state index < -0.39 is 0 Å². The number of hydrogen-bond acceptors (Lipinski definition) is 3. The van der Waals surface area contributed by atoms with E-state index in [1.165, 1.54) is 11.1 Å². The third kappa shape index (κ3) is 2.34. The molecular formula is C16H18N2O. The van der Waals surface area contributed by atoms with Crippen LogP contribution < -0.4 is 10.1 Å². The first-order valence-corrected chi connectivity index (χ1v) is 6.79. The van der Waals surface area contributed by atoms with E-state index >= 15 is 0 Å². The predicted octanol–water partition coefficient (Wildman–Crippen LogP) is 2.72. The molecule has 0 spiro atoms. The molecule has 3 heteroatoms. The molecule has 0 radical (unpaired) electrons. The summed E-state index contributed by atoms with van der Waals surface area (Å²) >= 11 is 0. The van der Waals surface area contributed by atoms with E-state index in [0.717, 1.165) is 31.0 Å². The number of nitrogens with zero attached hydrogens (tertiary/aromatic N) is 1. The van der Waals surface area contributed by atoms with Crippen LogP contribution in [-0.4, -0.2) is 18.1 Å². The Hall–Kier alpha value is -1.87. The molecule has 19 heavy (non-hydrogen) atoms. The number of benzene rings is 1. The lowest BCUT2D eigenvalue weighted by Gasteiger charge is -2.20. The van der Waals surface area contributed by atoms with E-state index in [0.29, 0.717) is 0 Å². The van der Waals surface area contributed by atoms with Crippen LogP contribution in [0.3, 0.4) is 0 Å². The van der Waals surface area contributed by atoms with Gasteiger partial charge in [-0.3, -0.25) is 4.98 Å². The largest absolute Gasteiger partial charge is 0.493 e. The molecule has 0 bridgehead atoms. The Morgan fingerprint density at radius 2 is 2.21 bits per heavy atom. The maximum absolute atomic E-state index is 5.81. The Balaban J connectivity index is 2.04. The van der Waals surface area contributed by atoms with Crippen LogP contribution in [0.5, 0.6) is 5.75 Å². The number of ether oxygens (including phenoxy) is 1. The highest BCUT2D eigenvalue weighted by Crippen LogP contribution is 2.35. The monoisotopic (exact) mass is 254 g/mol. The molecule has 1 unspecified atom stereocenters. The summed E-state index contributed by atoms with van der Waals surface area (Å²) in [7, 11) is 0. The van der Waals surface area contributed by atoms with E-state index in [1.807, 2.05) is 18.3 Å². The van der Waals surface area contributed by atoms with Crippen molar-refractivity contribution in [1.29, 1.82) is 0 Å². The van der Waals surface area contributed by atoms with Crippen LogP contribution in [0.2, 0.25) is 0 Å². The normalized spacial score (nSPS) is 14.8. The van der Waals surface area contributed by atoms with Gasteiger partial charge in [-0.05, 0) is 24.2 Å². The Bertz CT molecular complexity index is 554. The number of aromatic nitrogens is 1. The second kappa shape index (κ2) is 5.41. The van der Waals surface area contributed by atoms with Crippen LogP contribution >= 0.6 is 0 Å². The van der Waals surface area contributed by atoms with Gasteiger partial charge in [0.1, 0.15) is 5.75 Å². The van der Waals surface area contributed by atoms with Crippen molar-refractivity contribution >= 4 is 0 Å². The molecule has 0 fully saturated rings. The Morgan fingerprint density at radius 1 is 1.26 bits per heavy atom. The smallest absolute Gasteiger partial charge is 0.127 e. The van der Waals surface area contributed by atoms with E-state index in [2.05, 4.69) is 41.5 Å². The molecule has 1 N–H and O–H groups in total. The van der Waals surface area contributed by atoms with Crippen molar-refractivity contribution in [2.24, 2.45) is 0 Å². The van der Waals surface area contributed by atoms with Crippen LogP contribution in [-0.2, 0) is 6.42 Å². The zero-order chi connectivity index (χ0) is 13.1. The standard InChI is InChI=1S/C16H18N2O/c1-2-17-15(14-8-3-4-10-18-14)13-7-5-6-12-9-11-19-16(12)13/h3-8,10,15,17H,2,9,11H2,1H3. The molecule has 1 aromatic carbocycles. The minimum absolute atomic E-state index is 0.0965. The summed E-state index contributed by atoms with van der Waals surface area (Å²) in [5.41, 5.74) is 3.53. The van der Waals surface area contributed by atoms with Gasteiger partial charge >= 0.3 is 0 Å². The molecule has 1 aliphatic heterocycles. The minimum atomic E-state index is 0.0965. The number of nitrogens with one attached hydrogen (secondary N) is 1. The molecule has 3 nitrogen and oxygen atoms in total. The van der Waals surface area contributed by atoms with Crippen LogP contribution in [0.4, 0.5) is 0 Å². The van der Waals surface area contributed by atoms with E-state index in [9.17, 15) is 0 Å². The van der Waals surface area contributed by atoms with E-state index in [4.69, 9.17) is 4.74 Å². The topological polar surface area (TPSA) is 34.2 Å². The summed E-state index contributed by atoms with van der Waals surface area (Å²) in [5, 5.41) is 3.50. The molecule has 0 amide bonds. The molecule has 1 atom stereocenters. The highest BCUT2D eigenvalue weighted by Gasteiger charge is 2.23. The molecule has 0 aliphatic carbocycles. The lowest BCUT2D eigenvalue weighted by atomic mass is 9.99.